The molecule has 2 heterocycles. The van der Waals surface area contributed by atoms with Gasteiger partial charge in [0.1, 0.15) is 0 Å². The number of rotatable bonds is 5. The summed E-state index contributed by atoms with van der Waals surface area (Å²) in [5.41, 5.74) is 3.50. The summed E-state index contributed by atoms with van der Waals surface area (Å²) in [6.45, 7) is 5.65. The van der Waals surface area contributed by atoms with Crippen LogP contribution >= 0.6 is 0 Å². The smallest absolute Gasteiger partial charge is 0.234 e. The highest BCUT2D eigenvalue weighted by Gasteiger charge is 2.25. The van der Waals surface area contributed by atoms with Gasteiger partial charge in [-0.1, -0.05) is 35.9 Å². The molecule has 1 saturated heterocycles. The molecular formula is C19H24N4O. The second-order valence-corrected chi connectivity index (χ2v) is 6.24. The van der Waals surface area contributed by atoms with Crippen LogP contribution in [-0.2, 0) is 11.3 Å². The van der Waals surface area contributed by atoms with Crippen molar-refractivity contribution in [2.75, 3.05) is 26.2 Å². The van der Waals surface area contributed by atoms with Crippen LogP contribution in [0.5, 0.6) is 0 Å². The first-order valence-corrected chi connectivity index (χ1v) is 8.39. The van der Waals surface area contributed by atoms with Crippen LogP contribution in [0.2, 0.25) is 0 Å². The van der Waals surface area contributed by atoms with E-state index in [-0.39, 0.29) is 11.9 Å². The Labute approximate surface area is 143 Å². The molecule has 5 heteroatoms. The van der Waals surface area contributed by atoms with E-state index in [0.29, 0.717) is 13.1 Å². The number of benzene rings is 1. The molecule has 5 nitrogen and oxygen atoms in total. The molecule has 1 atom stereocenters. The van der Waals surface area contributed by atoms with Gasteiger partial charge in [0.25, 0.3) is 0 Å². The van der Waals surface area contributed by atoms with E-state index in [0.717, 1.165) is 30.8 Å². The standard InChI is InChI=1S/C19H24N4O/c1-15-4-6-16(7-5-15)11-22-19(24)14-23-10-9-21-13-18(23)17-3-2-8-20-12-17/h2-8,12,18,21H,9-11,13-14H2,1H3,(H,22,24). The quantitative estimate of drug-likeness (QED) is 0.878. The second kappa shape index (κ2) is 8.04. The van der Waals surface area contributed by atoms with Crippen molar-refractivity contribution in [3.63, 3.8) is 0 Å². The average Bonchev–Trinajstić information content (AvgIpc) is 2.62. The number of carbonyl (C=O) groups is 1. The van der Waals surface area contributed by atoms with E-state index in [4.69, 9.17) is 0 Å². The highest BCUT2D eigenvalue weighted by atomic mass is 16.2. The van der Waals surface area contributed by atoms with Gasteiger partial charge in [0.05, 0.1) is 6.54 Å². The zero-order valence-corrected chi connectivity index (χ0v) is 14.0. The van der Waals surface area contributed by atoms with Gasteiger partial charge in [-0.3, -0.25) is 14.7 Å². The van der Waals surface area contributed by atoms with Crippen LogP contribution in [0.25, 0.3) is 0 Å². The van der Waals surface area contributed by atoms with Crippen molar-refractivity contribution < 1.29 is 4.79 Å². The topological polar surface area (TPSA) is 57.3 Å². The number of aromatic nitrogens is 1. The van der Waals surface area contributed by atoms with Crippen LogP contribution in [0.1, 0.15) is 22.7 Å². The number of amides is 1. The normalized spacial score (nSPS) is 18.3. The molecule has 1 aromatic carbocycles. The lowest BCUT2D eigenvalue weighted by atomic mass is 10.1. The average molecular weight is 324 g/mol. The molecule has 1 unspecified atom stereocenters. The van der Waals surface area contributed by atoms with Crippen molar-refractivity contribution >= 4 is 5.91 Å². The van der Waals surface area contributed by atoms with Crippen molar-refractivity contribution in [1.82, 2.24) is 20.5 Å². The Hall–Kier alpha value is -2.24. The van der Waals surface area contributed by atoms with Crippen molar-refractivity contribution in [2.45, 2.75) is 19.5 Å². The summed E-state index contributed by atoms with van der Waals surface area (Å²) in [5.74, 6) is 0.0614. The third-order valence-electron chi connectivity index (χ3n) is 4.38. The molecule has 126 valence electrons. The molecule has 1 aliphatic rings. The number of nitrogens with zero attached hydrogens (tertiary/aromatic N) is 2. The number of nitrogens with one attached hydrogen (secondary N) is 2. The Morgan fingerprint density at radius 3 is 2.92 bits per heavy atom. The van der Waals surface area contributed by atoms with E-state index in [2.05, 4.69) is 57.8 Å². The minimum atomic E-state index is 0.0614. The molecule has 3 rings (SSSR count). The fourth-order valence-corrected chi connectivity index (χ4v) is 2.98. The summed E-state index contributed by atoms with van der Waals surface area (Å²) in [6.07, 6.45) is 3.66. The zero-order valence-electron chi connectivity index (χ0n) is 14.0. The minimum Gasteiger partial charge on any atom is -0.351 e. The van der Waals surface area contributed by atoms with Crippen LogP contribution in [0.15, 0.2) is 48.8 Å². The summed E-state index contributed by atoms with van der Waals surface area (Å²) in [6, 6.07) is 12.4. The molecule has 2 aromatic rings. The summed E-state index contributed by atoms with van der Waals surface area (Å²) >= 11 is 0. The van der Waals surface area contributed by atoms with Crippen molar-refractivity contribution in [2.24, 2.45) is 0 Å². The van der Waals surface area contributed by atoms with Gasteiger partial charge in [-0.2, -0.15) is 0 Å². The van der Waals surface area contributed by atoms with Crippen molar-refractivity contribution in [1.29, 1.82) is 0 Å². The molecule has 2 N–H and O–H groups in total. The Morgan fingerprint density at radius 2 is 2.17 bits per heavy atom. The number of piperazine rings is 1. The highest BCUT2D eigenvalue weighted by molar-refractivity contribution is 5.78. The first-order valence-electron chi connectivity index (χ1n) is 8.39. The Bertz CT molecular complexity index is 657. The lowest BCUT2D eigenvalue weighted by molar-refractivity contribution is -0.123. The van der Waals surface area contributed by atoms with Crippen LogP contribution in [-0.4, -0.2) is 42.0 Å². The van der Waals surface area contributed by atoms with Gasteiger partial charge in [-0.15, -0.1) is 0 Å². The van der Waals surface area contributed by atoms with E-state index < -0.39 is 0 Å². The first-order chi connectivity index (χ1) is 11.7. The van der Waals surface area contributed by atoms with Gasteiger partial charge in [0, 0.05) is 44.6 Å². The molecule has 24 heavy (non-hydrogen) atoms. The molecule has 0 spiro atoms. The molecule has 1 amide bonds. The number of pyridine rings is 1. The Kier molecular flexibility index (Phi) is 5.56. The lowest BCUT2D eigenvalue weighted by Gasteiger charge is -2.35. The van der Waals surface area contributed by atoms with Gasteiger partial charge in [0.2, 0.25) is 5.91 Å². The number of hydrogen-bond acceptors (Lipinski definition) is 4. The molecule has 0 bridgehead atoms. The fourth-order valence-electron chi connectivity index (χ4n) is 2.98. The summed E-state index contributed by atoms with van der Waals surface area (Å²) in [4.78, 5) is 18.8. The zero-order chi connectivity index (χ0) is 16.8. The van der Waals surface area contributed by atoms with Crippen LogP contribution in [0, 0.1) is 6.92 Å². The summed E-state index contributed by atoms with van der Waals surface area (Å²) in [7, 11) is 0. The van der Waals surface area contributed by atoms with Crippen LogP contribution in [0.3, 0.4) is 0 Å². The maximum absolute atomic E-state index is 12.3. The highest BCUT2D eigenvalue weighted by Crippen LogP contribution is 2.20. The Morgan fingerprint density at radius 1 is 1.33 bits per heavy atom. The summed E-state index contributed by atoms with van der Waals surface area (Å²) in [5, 5.41) is 6.42. The predicted octanol–water partition coefficient (Wildman–Crippen LogP) is 1.65. The van der Waals surface area contributed by atoms with Gasteiger partial charge >= 0.3 is 0 Å². The van der Waals surface area contributed by atoms with Crippen molar-refractivity contribution in [3.05, 3.63) is 65.5 Å². The molecule has 0 saturated carbocycles. The van der Waals surface area contributed by atoms with E-state index in [1.165, 1.54) is 5.56 Å². The Balaban J connectivity index is 1.56. The molecule has 1 aliphatic heterocycles. The molecule has 1 aromatic heterocycles. The van der Waals surface area contributed by atoms with Crippen molar-refractivity contribution in [3.8, 4) is 0 Å². The molecule has 0 radical (unpaired) electrons. The monoisotopic (exact) mass is 324 g/mol. The largest absolute Gasteiger partial charge is 0.351 e. The van der Waals surface area contributed by atoms with Crippen LogP contribution in [0.4, 0.5) is 0 Å². The fraction of sp³-hybridized carbons (Fsp3) is 0.368. The van der Waals surface area contributed by atoms with Gasteiger partial charge in [-0.05, 0) is 24.1 Å². The maximum Gasteiger partial charge on any atom is 0.234 e. The lowest BCUT2D eigenvalue weighted by Crippen LogP contribution is -2.49. The van der Waals surface area contributed by atoms with E-state index in [1.807, 2.05) is 12.3 Å². The molecular weight excluding hydrogens is 300 g/mol. The minimum absolute atomic E-state index is 0.0614. The van der Waals surface area contributed by atoms with Crippen LogP contribution < -0.4 is 10.6 Å². The number of hydrogen-bond donors (Lipinski definition) is 2. The maximum atomic E-state index is 12.3. The first kappa shape index (κ1) is 16.6. The predicted molar refractivity (Wildman–Crippen MR) is 94.4 cm³/mol. The number of aryl methyl sites for hydroxylation is 1. The molecule has 1 fully saturated rings. The van der Waals surface area contributed by atoms with Gasteiger partial charge in [-0.25, -0.2) is 0 Å². The van der Waals surface area contributed by atoms with E-state index in [1.54, 1.807) is 6.20 Å². The second-order valence-electron chi connectivity index (χ2n) is 6.24. The molecule has 0 aliphatic carbocycles. The van der Waals surface area contributed by atoms with Gasteiger partial charge < -0.3 is 10.6 Å². The number of carbonyl (C=O) groups excluding carboxylic acids is 1. The third kappa shape index (κ3) is 4.40. The SMILES string of the molecule is Cc1ccc(CNC(=O)CN2CCNCC2c2cccnc2)cc1. The third-order valence-corrected chi connectivity index (χ3v) is 4.38. The van der Waals surface area contributed by atoms with E-state index in [9.17, 15) is 4.79 Å². The summed E-state index contributed by atoms with van der Waals surface area (Å²) < 4.78 is 0. The van der Waals surface area contributed by atoms with Gasteiger partial charge in [0.15, 0.2) is 0 Å². The van der Waals surface area contributed by atoms with E-state index >= 15 is 0 Å².